The van der Waals surface area contributed by atoms with Gasteiger partial charge in [-0.1, -0.05) is 24.6 Å². The van der Waals surface area contributed by atoms with E-state index in [1.165, 1.54) is 12.5 Å². The lowest BCUT2D eigenvalue weighted by Crippen LogP contribution is -2.44. The molecule has 2 heterocycles. The number of nitrogens with zero attached hydrogens (tertiary/aromatic N) is 3. The highest BCUT2D eigenvalue weighted by Gasteiger charge is 2.26. The van der Waals surface area contributed by atoms with Gasteiger partial charge in [0.1, 0.15) is 5.82 Å². The molecule has 22 heavy (non-hydrogen) atoms. The number of aliphatic hydroxyl groups is 1. The second-order valence-electron chi connectivity index (χ2n) is 5.91. The van der Waals surface area contributed by atoms with Gasteiger partial charge in [0.25, 0.3) is 0 Å². The van der Waals surface area contributed by atoms with Gasteiger partial charge in [0.15, 0.2) is 0 Å². The summed E-state index contributed by atoms with van der Waals surface area (Å²) < 4.78 is 15.7. The van der Waals surface area contributed by atoms with Crippen LogP contribution < -0.4 is 0 Å². The van der Waals surface area contributed by atoms with Crippen LogP contribution in [0.25, 0.3) is 0 Å². The molecular weight excluding hydrogens is 281 g/mol. The van der Waals surface area contributed by atoms with Crippen molar-refractivity contribution in [3.8, 4) is 0 Å². The molecule has 0 bridgehead atoms. The molecule has 2 aromatic rings. The lowest BCUT2D eigenvalue weighted by atomic mass is 10.00. The van der Waals surface area contributed by atoms with Crippen LogP contribution in [0.2, 0.25) is 0 Å². The van der Waals surface area contributed by atoms with E-state index in [1.807, 2.05) is 16.9 Å². The van der Waals surface area contributed by atoms with Crippen LogP contribution in [0.1, 0.15) is 30.9 Å². The molecule has 1 N–H and O–H groups in total. The van der Waals surface area contributed by atoms with E-state index in [4.69, 9.17) is 0 Å². The Balaban J connectivity index is 1.67. The molecule has 0 unspecified atom stereocenters. The minimum Gasteiger partial charge on any atom is -0.387 e. The minimum atomic E-state index is -0.792. The number of hydrogen-bond acceptors (Lipinski definition) is 3. The van der Waals surface area contributed by atoms with Gasteiger partial charge in [-0.15, -0.1) is 0 Å². The lowest BCUT2D eigenvalue weighted by molar-refractivity contribution is 0.0575. The molecule has 1 aliphatic heterocycles. The Hall–Kier alpha value is -1.72. The molecule has 0 radical (unpaired) electrons. The van der Waals surface area contributed by atoms with Gasteiger partial charge in [0.2, 0.25) is 0 Å². The van der Waals surface area contributed by atoms with Gasteiger partial charge in [-0.2, -0.15) is 5.10 Å². The molecule has 1 fully saturated rings. The number of aromatic nitrogens is 2. The van der Waals surface area contributed by atoms with Crippen LogP contribution in [0, 0.1) is 5.82 Å². The van der Waals surface area contributed by atoms with Crippen molar-refractivity contribution in [2.75, 3.05) is 13.1 Å². The molecule has 0 saturated carbocycles. The van der Waals surface area contributed by atoms with Crippen LogP contribution in [-0.4, -0.2) is 38.9 Å². The molecule has 0 amide bonds. The average molecular weight is 303 g/mol. The summed E-state index contributed by atoms with van der Waals surface area (Å²) in [6, 6.07) is 8.73. The fourth-order valence-corrected chi connectivity index (χ4v) is 3.20. The Morgan fingerprint density at radius 1 is 1.27 bits per heavy atom. The van der Waals surface area contributed by atoms with Gasteiger partial charge >= 0.3 is 0 Å². The molecule has 1 aromatic heterocycles. The Morgan fingerprint density at radius 2 is 2.14 bits per heavy atom. The number of piperidine rings is 1. The number of halogens is 1. The van der Waals surface area contributed by atoms with Crippen LogP contribution in [0.3, 0.4) is 0 Å². The maximum absolute atomic E-state index is 13.8. The van der Waals surface area contributed by atoms with Crippen molar-refractivity contribution in [1.29, 1.82) is 0 Å². The van der Waals surface area contributed by atoms with Gasteiger partial charge in [0, 0.05) is 30.5 Å². The van der Waals surface area contributed by atoms with E-state index < -0.39 is 6.10 Å². The molecule has 118 valence electrons. The summed E-state index contributed by atoms with van der Waals surface area (Å²) >= 11 is 0. The summed E-state index contributed by atoms with van der Waals surface area (Å²) in [7, 11) is 0. The molecule has 2 atom stereocenters. The van der Waals surface area contributed by atoms with Gasteiger partial charge in [-0.3, -0.25) is 9.58 Å². The highest BCUT2D eigenvalue weighted by molar-refractivity contribution is 5.20. The molecule has 0 aliphatic carbocycles. The molecule has 1 aliphatic rings. The zero-order valence-corrected chi connectivity index (χ0v) is 12.6. The second kappa shape index (κ2) is 7.03. The standard InChI is InChI=1S/C17H22FN3O/c18-16-8-2-1-7-15(16)17(22)13-20-10-4-3-6-14(20)12-21-11-5-9-19-21/h1-2,5,7-9,11,14,17,22H,3-4,6,10,12-13H2/t14-,17-/m1/s1. The molecule has 0 spiro atoms. The molecule has 1 saturated heterocycles. The van der Waals surface area contributed by atoms with Gasteiger partial charge in [-0.05, 0) is 31.5 Å². The number of rotatable bonds is 5. The van der Waals surface area contributed by atoms with Crippen molar-refractivity contribution < 1.29 is 9.50 Å². The van der Waals surface area contributed by atoms with Crippen molar-refractivity contribution in [3.05, 3.63) is 54.1 Å². The minimum absolute atomic E-state index is 0.337. The summed E-state index contributed by atoms with van der Waals surface area (Å²) in [5.41, 5.74) is 0.380. The average Bonchev–Trinajstić information content (AvgIpc) is 3.02. The first kappa shape index (κ1) is 15.2. The van der Waals surface area contributed by atoms with Crippen LogP contribution >= 0.6 is 0 Å². The summed E-state index contributed by atoms with van der Waals surface area (Å²) in [5, 5.41) is 14.7. The van der Waals surface area contributed by atoms with Crippen molar-refractivity contribution in [2.24, 2.45) is 0 Å². The van der Waals surface area contributed by atoms with E-state index in [-0.39, 0.29) is 5.82 Å². The van der Waals surface area contributed by atoms with Crippen LogP contribution in [-0.2, 0) is 6.54 Å². The number of hydrogen-bond donors (Lipinski definition) is 1. The Labute approximate surface area is 130 Å². The SMILES string of the molecule is O[C@H](CN1CCCC[C@@H]1Cn1cccn1)c1ccccc1F. The largest absolute Gasteiger partial charge is 0.387 e. The van der Waals surface area contributed by atoms with E-state index in [1.54, 1.807) is 24.4 Å². The maximum Gasteiger partial charge on any atom is 0.129 e. The Morgan fingerprint density at radius 3 is 2.91 bits per heavy atom. The molecular formula is C17H22FN3O. The number of benzene rings is 1. The first-order chi connectivity index (χ1) is 10.7. The quantitative estimate of drug-likeness (QED) is 0.923. The fraction of sp³-hybridized carbons (Fsp3) is 0.471. The fourth-order valence-electron chi connectivity index (χ4n) is 3.20. The normalized spacial score (nSPS) is 20.9. The predicted octanol–water partition coefficient (Wildman–Crippen LogP) is 2.61. The first-order valence-electron chi connectivity index (χ1n) is 7.88. The Bertz CT molecular complexity index is 587. The van der Waals surface area contributed by atoms with Crippen LogP contribution in [0.15, 0.2) is 42.7 Å². The molecule has 4 nitrogen and oxygen atoms in total. The topological polar surface area (TPSA) is 41.3 Å². The first-order valence-corrected chi connectivity index (χ1v) is 7.88. The van der Waals surface area contributed by atoms with E-state index in [0.717, 1.165) is 25.9 Å². The summed E-state index contributed by atoms with van der Waals surface area (Å²) in [5.74, 6) is -0.337. The van der Waals surface area contributed by atoms with Crippen molar-refractivity contribution in [1.82, 2.24) is 14.7 Å². The van der Waals surface area contributed by atoms with Crippen molar-refractivity contribution in [3.63, 3.8) is 0 Å². The number of β-amino-alcohol motifs (C(OH)–C–C–N with tert-alkyl or cyclic N) is 1. The third-order valence-corrected chi connectivity index (χ3v) is 4.38. The van der Waals surface area contributed by atoms with Crippen LogP contribution in [0.4, 0.5) is 4.39 Å². The Kier molecular flexibility index (Phi) is 4.85. The van der Waals surface area contributed by atoms with E-state index >= 15 is 0 Å². The number of likely N-dealkylation sites (tertiary alicyclic amines) is 1. The molecule has 1 aromatic carbocycles. The zero-order valence-electron chi connectivity index (χ0n) is 12.6. The summed E-state index contributed by atoms with van der Waals surface area (Å²) in [6.07, 6.45) is 6.35. The maximum atomic E-state index is 13.8. The molecule has 3 rings (SSSR count). The van der Waals surface area contributed by atoms with E-state index in [9.17, 15) is 9.50 Å². The molecule has 5 heteroatoms. The van der Waals surface area contributed by atoms with Crippen LogP contribution in [0.5, 0.6) is 0 Å². The predicted molar refractivity (Wildman–Crippen MR) is 82.8 cm³/mol. The second-order valence-corrected chi connectivity index (χ2v) is 5.91. The van der Waals surface area contributed by atoms with E-state index in [2.05, 4.69) is 10.00 Å². The third kappa shape index (κ3) is 3.54. The number of aliphatic hydroxyl groups excluding tert-OH is 1. The monoisotopic (exact) mass is 303 g/mol. The highest BCUT2D eigenvalue weighted by Crippen LogP contribution is 2.23. The smallest absolute Gasteiger partial charge is 0.129 e. The van der Waals surface area contributed by atoms with Gasteiger partial charge in [0.05, 0.1) is 12.6 Å². The van der Waals surface area contributed by atoms with Gasteiger partial charge in [-0.25, -0.2) is 4.39 Å². The third-order valence-electron chi connectivity index (χ3n) is 4.38. The lowest BCUT2D eigenvalue weighted by Gasteiger charge is -2.37. The van der Waals surface area contributed by atoms with Gasteiger partial charge < -0.3 is 5.11 Å². The van der Waals surface area contributed by atoms with E-state index in [0.29, 0.717) is 18.2 Å². The summed E-state index contributed by atoms with van der Waals surface area (Å²) in [6.45, 7) is 2.22. The highest BCUT2D eigenvalue weighted by atomic mass is 19.1. The van der Waals surface area contributed by atoms with Crippen molar-refractivity contribution >= 4 is 0 Å². The van der Waals surface area contributed by atoms with Crippen molar-refractivity contribution in [2.45, 2.75) is 38.0 Å². The summed E-state index contributed by atoms with van der Waals surface area (Å²) in [4.78, 5) is 2.27. The zero-order chi connectivity index (χ0) is 15.4.